The van der Waals surface area contributed by atoms with Crippen LogP contribution in [-0.4, -0.2) is 36.6 Å². The number of rotatable bonds is 2. The Hall–Kier alpha value is -1.10. The van der Waals surface area contributed by atoms with Gasteiger partial charge >= 0.3 is 11.9 Å². The molecule has 0 unspecified atom stereocenters. The van der Waals surface area contributed by atoms with Crippen molar-refractivity contribution in [1.29, 1.82) is 0 Å². The minimum atomic E-state index is -1.41. The van der Waals surface area contributed by atoms with Crippen molar-refractivity contribution < 1.29 is 14.7 Å². The molecule has 0 aromatic rings. The molecule has 3 N–H and O–H groups in total. The molecule has 0 aromatic carbocycles. The summed E-state index contributed by atoms with van der Waals surface area (Å²) in [7, 11) is 0. The molecule has 5 heteroatoms. The molecule has 14 heavy (non-hydrogen) atoms. The highest BCUT2D eigenvalue weighted by Gasteiger charge is 2.27. The average Bonchev–Trinajstić information content (AvgIpc) is 2.15. The number of carboxylic acids is 1. The number of hydrogen-bond acceptors (Lipinski definition) is 3. The van der Waals surface area contributed by atoms with Crippen molar-refractivity contribution in [1.82, 2.24) is 10.6 Å². The first-order chi connectivity index (χ1) is 6.53. The van der Waals surface area contributed by atoms with E-state index in [-0.39, 0.29) is 5.41 Å². The van der Waals surface area contributed by atoms with Gasteiger partial charge < -0.3 is 15.7 Å². The first-order valence-corrected chi connectivity index (χ1v) is 4.75. The van der Waals surface area contributed by atoms with E-state index in [1.165, 1.54) is 0 Å². The summed E-state index contributed by atoms with van der Waals surface area (Å²) < 4.78 is 0. The summed E-state index contributed by atoms with van der Waals surface area (Å²) in [5.74, 6) is -2.33. The van der Waals surface area contributed by atoms with E-state index in [4.69, 9.17) is 5.11 Å². The number of nitrogens with one attached hydrogen (secondary N) is 2. The third-order valence-corrected chi connectivity index (χ3v) is 2.68. The summed E-state index contributed by atoms with van der Waals surface area (Å²) in [6.45, 7) is 4.37. The zero-order valence-electron chi connectivity index (χ0n) is 8.30. The van der Waals surface area contributed by atoms with Gasteiger partial charge in [0, 0.05) is 6.54 Å². The second-order valence-corrected chi connectivity index (χ2v) is 4.05. The zero-order valence-corrected chi connectivity index (χ0v) is 8.30. The molecule has 0 aliphatic carbocycles. The number of carbonyl (C=O) groups is 2. The van der Waals surface area contributed by atoms with Gasteiger partial charge in [0.25, 0.3) is 0 Å². The highest BCUT2D eigenvalue weighted by atomic mass is 16.4. The van der Waals surface area contributed by atoms with E-state index in [0.717, 1.165) is 25.9 Å². The van der Waals surface area contributed by atoms with Crippen molar-refractivity contribution in [3.05, 3.63) is 0 Å². The molecule has 0 aromatic heterocycles. The van der Waals surface area contributed by atoms with Crippen LogP contribution in [-0.2, 0) is 9.59 Å². The zero-order chi connectivity index (χ0) is 10.6. The van der Waals surface area contributed by atoms with Crippen molar-refractivity contribution in [2.24, 2.45) is 5.41 Å². The molecule has 1 rings (SSSR count). The fraction of sp³-hybridized carbons (Fsp3) is 0.778. The summed E-state index contributed by atoms with van der Waals surface area (Å²) in [6.07, 6.45) is 1.93. The van der Waals surface area contributed by atoms with Crippen molar-refractivity contribution in [3.63, 3.8) is 0 Å². The second kappa shape index (κ2) is 4.41. The van der Waals surface area contributed by atoms with Crippen LogP contribution in [0.4, 0.5) is 0 Å². The number of amides is 1. The van der Waals surface area contributed by atoms with E-state index < -0.39 is 11.9 Å². The lowest BCUT2D eigenvalue weighted by Crippen LogP contribution is -2.44. The van der Waals surface area contributed by atoms with Gasteiger partial charge in [-0.15, -0.1) is 0 Å². The Kier molecular flexibility index (Phi) is 3.46. The number of hydrogen-bond donors (Lipinski definition) is 3. The minimum absolute atomic E-state index is 0.0381. The molecule has 1 aliphatic heterocycles. The van der Waals surface area contributed by atoms with Crippen LogP contribution < -0.4 is 10.6 Å². The molecule has 80 valence electrons. The smallest absolute Gasteiger partial charge is 0.394 e. The van der Waals surface area contributed by atoms with Crippen LogP contribution in [0.5, 0.6) is 0 Å². The second-order valence-electron chi connectivity index (χ2n) is 4.05. The van der Waals surface area contributed by atoms with Gasteiger partial charge in [-0.25, -0.2) is 4.79 Å². The predicted octanol–water partition coefficient (Wildman–Crippen LogP) is -0.423. The number of aliphatic carboxylic acids is 1. The van der Waals surface area contributed by atoms with E-state index in [1.807, 2.05) is 0 Å². The molecule has 1 fully saturated rings. The largest absolute Gasteiger partial charge is 0.474 e. The molecule has 5 nitrogen and oxygen atoms in total. The summed E-state index contributed by atoms with van der Waals surface area (Å²) >= 11 is 0. The van der Waals surface area contributed by atoms with E-state index in [9.17, 15) is 9.59 Å². The Morgan fingerprint density at radius 1 is 1.43 bits per heavy atom. The lowest BCUT2D eigenvalue weighted by Gasteiger charge is -2.33. The Morgan fingerprint density at radius 3 is 2.50 bits per heavy atom. The predicted molar refractivity (Wildman–Crippen MR) is 50.9 cm³/mol. The summed E-state index contributed by atoms with van der Waals surface area (Å²) in [6, 6.07) is 0. The topological polar surface area (TPSA) is 78.4 Å². The molecular formula is C9H16N2O3. The maximum atomic E-state index is 10.8. The van der Waals surface area contributed by atoms with Crippen LogP contribution in [0.2, 0.25) is 0 Å². The highest BCUT2D eigenvalue weighted by molar-refractivity contribution is 6.31. The Morgan fingerprint density at radius 2 is 2.00 bits per heavy atom. The quantitative estimate of drug-likeness (QED) is 0.529. The molecule has 1 saturated heterocycles. The van der Waals surface area contributed by atoms with Crippen molar-refractivity contribution in [3.8, 4) is 0 Å². The number of piperidine rings is 1. The fourth-order valence-electron chi connectivity index (χ4n) is 1.58. The fourth-order valence-corrected chi connectivity index (χ4v) is 1.58. The Labute approximate surface area is 82.9 Å². The number of carboxylic acid groups (broad SMARTS) is 1. The molecule has 1 heterocycles. The molecule has 1 amide bonds. The highest BCUT2D eigenvalue weighted by Crippen LogP contribution is 2.26. The standard InChI is InChI=1S/C9H16N2O3/c1-9(2-4-10-5-3-9)6-11-7(12)8(13)14/h10H,2-6H2,1H3,(H,11,12)(H,13,14). The normalized spacial score (nSPS) is 20.1. The van der Waals surface area contributed by atoms with Crippen LogP contribution in [0.1, 0.15) is 19.8 Å². The van der Waals surface area contributed by atoms with Gasteiger partial charge in [0.15, 0.2) is 0 Å². The van der Waals surface area contributed by atoms with Crippen LogP contribution in [0.15, 0.2) is 0 Å². The van der Waals surface area contributed by atoms with Gasteiger partial charge in [0.05, 0.1) is 0 Å². The van der Waals surface area contributed by atoms with E-state index in [1.54, 1.807) is 0 Å². The SMILES string of the molecule is CC1(CNC(=O)C(=O)O)CCNCC1. The first-order valence-electron chi connectivity index (χ1n) is 4.75. The maximum absolute atomic E-state index is 10.8. The van der Waals surface area contributed by atoms with Gasteiger partial charge in [-0.3, -0.25) is 4.79 Å². The lowest BCUT2D eigenvalue weighted by atomic mass is 9.81. The first kappa shape index (κ1) is 11.0. The van der Waals surface area contributed by atoms with Crippen LogP contribution in [0, 0.1) is 5.41 Å². The monoisotopic (exact) mass is 200 g/mol. The Balaban J connectivity index is 2.35. The molecule has 0 bridgehead atoms. The van der Waals surface area contributed by atoms with Crippen LogP contribution in [0.25, 0.3) is 0 Å². The molecular weight excluding hydrogens is 184 g/mol. The summed E-state index contributed by atoms with van der Waals surface area (Å²) in [5.41, 5.74) is 0.0381. The van der Waals surface area contributed by atoms with Crippen LogP contribution in [0.3, 0.4) is 0 Å². The Bertz CT molecular complexity index is 234. The minimum Gasteiger partial charge on any atom is -0.474 e. The third-order valence-electron chi connectivity index (χ3n) is 2.68. The molecule has 0 saturated carbocycles. The van der Waals surface area contributed by atoms with Gasteiger partial charge in [0.1, 0.15) is 0 Å². The summed E-state index contributed by atoms with van der Waals surface area (Å²) in [5, 5.41) is 14.0. The van der Waals surface area contributed by atoms with Gasteiger partial charge in [-0.2, -0.15) is 0 Å². The number of carbonyl (C=O) groups excluding carboxylic acids is 1. The van der Waals surface area contributed by atoms with Gasteiger partial charge in [0.2, 0.25) is 0 Å². The van der Waals surface area contributed by atoms with Gasteiger partial charge in [-0.05, 0) is 31.3 Å². The van der Waals surface area contributed by atoms with E-state index in [0.29, 0.717) is 6.54 Å². The molecule has 0 atom stereocenters. The average molecular weight is 200 g/mol. The van der Waals surface area contributed by atoms with Crippen molar-refractivity contribution >= 4 is 11.9 Å². The molecule has 0 radical (unpaired) electrons. The van der Waals surface area contributed by atoms with Crippen LogP contribution >= 0.6 is 0 Å². The van der Waals surface area contributed by atoms with Crippen molar-refractivity contribution in [2.45, 2.75) is 19.8 Å². The summed E-state index contributed by atoms with van der Waals surface area (Å²) in [4.78, 5) is 21.1. The maximum Gasteiger partial charge on any atom is 0.394 e. The van der Waals surface area contributed by atoms with E-state index >= 15 is 0 Å². The van der Waals surface area contributed by atoms with Gasteiger partial charge in [-0.1, -0.05) is 6.92 Å². The third kappa shape index (κ3) is 2.99. The molecule has 0 spiro atoms. The molecule has 1 aliphatic rings. The van der Waals surface area contributed by atoms with E-state index in [2.05, 4.69) is 17.6 Å². The lowest BCUT2D eigenvalue weighted by molar-refractivity contribution is -0.150. The van der Waals surface area contributed by atoms with Crippen molar-refractivity contribution in [2.75, 3.05) is 19.6 Å².